The molecule has 0 saturated carbocycles. The van der Waals surface area contributed by atoms with Crippen LogP contribution < -0.4 is 0 Å². The van der Waals surface area contributed by atoms with Gasteiger partial charge in [-0.15, -0.1) is 0 Å². The van der Waals surface area contributed by atoms with E-state index in [2.05, 4.69) is 27.7 Å². The predicted octanol–water partition coefficient (Wildman–Crippen LogP) is 4.00. The number of unbranched alkanes of at least 4 members (excludes halogenated alkanes) is 3. The van der Waals surface area contributed by atoms with E-state index >= 15 is 0 Å². The molecule has 0 nitrogen and oxygen atoms in total. The zero-order valence-corrected chi connectivity index (χ0v) is 7.54. The van der Waals surface area contributed by atoms with Gasteiger partial charge in [0.25, 0.3) is 0 Å². The molecule has 0 heterocycles. The summed E-state index contributed by atoms with van der Waals surface area (Å²) in [6.45, 7) is 8.71. The van der Waals surface area contributed by atoms with Crippen LogP contribution in [0.15, 0.2) is 0 Å². The van der Waals surface area contributed by atoms with E-state index in [4.69, 9.17) is 0 Å². The number of hydrogen-bond donors (Lipinski definition) is 0. The van der Waals surface area contributed by atoms with E-state index in [-0.39, 0.29) is 0 Å². The Balaban J connectivity index is 0. The van der Waals surface area contributed by atoms with Gasteiger partial charge in [0.1, 0.15) is 0 Å². The van der Waals surface area contributed by atoms with Crippen molar-refractivity contribution in [2.45, 2.75) is 59.8 Å². The molecule has 0 aromatic rings. The zero-order valence-electron chi connectivity index (χ0n) is 7.54. The van der Waals surface area contributed by atoms with Crippen LogP contribution >= 0.6 is 0 Å². The van der Waals surface area contributed by atoms with Gasteiger partial charge in [0.15, 0.2) is 0 Å². The largest absolute Gasteiger partial charge is 0.0656 e. The average molecular weight is 130 g/mol. The van der Waals surface area contributed by atoms with E-state index in [0.29, 0.717) is 0 Å². The van der Waals surface area contributed by atoms with E-state index in [1.165, 1.54) is 32.1 Å². The van der Waals surface area contributed by atoms with Gasteiger partial charge < -0.3 is 0 Å². The Morgan fingerprint density at radius 1 is 0.667 bits per heavy atom. The van der Waals surface area contributed by atoms with E-state index in [9.17, 15) is 0 Å². The smallest absolute Gasteiger partial charge is 0.0536 e. The summed E-state index contributed by atoms with van der Waals surface area (Å²) in [6, 6.07) is 0. The van der Waals surface area contributed by atoms with E-state index in [1.54, 1.807) is 0 Å². The fourth-order valence-electron chi connectivity index (χ4n) is 0.500. The molecule has 0 rings (SSSR count). The van der Waals surface area contributed by atoms with Gasteiger partial charge >= 0.3 is 0 Å². The Morgan fingerprint density at radius 3 is 1.00 bits per heavy atom. The van der Waals surface area contributed by atoms with E-state index in [0.717, 1.165) is 0 Å². The minimum atomic E-state index is 1.25. The van der Waals surface area contributed by atoms with E-state index in [1.807, 2.05) is 0 Å². The molecule has 0 aliphatic rings. The van der Waals surface area contributed by atoms with Crippen molar-refractivity contribution in [3.8, 4) is 0 Å². The maximum absolute atomic E-state index is 2.23. The Kier molecular flexibility index (Phi) is 20.5. The third-order valence-electron chi connectivity index (χ3n) is 0.957. The summed E-state index contributed by atoms with van der Waals surface area (Å²) < 4.78 is 0. The number of hydrogen-bond acceptors (Lipinski definition) is 0. The van der Waals surface area contributed by atoms with Gasteiger partial charge in [-0.25, -0.2) is 0 Å². The molecule has 0 aliphatic heterocycles. The first-order chi connectivity index (χ1) is 4.33. The van der Waals surface area contributed by atoms with Crippen molar-refractivity contribution < 1.29 is 0 Å². The lowest BCUT2D eigenvalue weighted by Crippen LogP contribution is -1.66. The van der Waals surface area contributed by atoms with Gasteiger partial charge in [-0.1, -0.05) is 59.8 Å². The highest BCUT2D eigenvalue weighted by Gasteiger charge is 1.75. The summed E-state index contributed by atoms with van der Waals surface area (Å²) in [7, 11) is 0. The molecule has 0 spiro atoms. The number of rotatable bonds is 3. The molecule has 0 aliphatic carbocycles. The Bertz CT molecular complexity index is 19.2. The summed E-state index contributed by atoms with van der Waals surface area (Å²) in [6.07, 6.45) is 6.79. The molecule has 0 amide bonds. The molecule has 0 atom stereocenters. The van der Waals surface area contributed by atoms with E-state index < -0.39 is 0 Å². The van der Waals surface area contributed by atoms with Crippen molar-refractivity contribution in [1.29, 1.82) is 0 Å². The molecule has 0 heteroatoms. The van der Waals surface area contributed by atoms with Crippen LogP contribution in [-0.4, -0.2) is 0 Å². The maximum atomic E-state index is 2.23. The van der Waals surface area contributed by atoms with Crippen molar-refractivity contribution in [2.75, 3.05) is 0 Å². The van der Waals surface area contributed by atoms with Crippen molar-refractivity contribution in [3.63, 3.8) is 0 Å². The Labute approximate surface area is 60.7 Å². The van der Waals surface area contributed by atoms with Gasteiger partial charge in [-0.3, -0.25) is 0 Å². The minimum absolute atomic E-state index is 1.25. The summed E-state index contributed by atoms with van der Waals surface area (Å²) in [5.41, 5.74) is 0. The third-order valence-corrected chi connectivity index (χ3v) is 0.957. The first-order valence-electron chi connectivity index (χ1n) is 4.33. The normalized spacial score (nSPS) is 8.00. The lowest BCUT2D eigenvalue weighted by atomic mass is 10.2. The Morgan fingerprint density at radius 2 is 0.889 bits per heavy atom. The van der Waals surface area contributed by atoms with Crippen LogP contribution in [0.3, 0.4) is 0 Å². The van der Waals surface area contributed by atoms with Crippen LogP contribution in [0.4, 0.5) is 0 Å². The van der Waals surface area contributed by atoms with Gasteiger partial charge in [0.2, 0.25) is 0 Å². The predicted molar refractivity (Wildman–Crippen MR) is 45.8 cm³/mol. The second-order valence-corrected chi connectivity index (χ2v) is 2.41. The van der Waals surface area contributed by atoms with Gasteiger partial charge in [0, 0.05) is 0 Å². The van der Waals surface area contributed by atoms with Crippen LogP contribution in [0.25, 0.3) is 0 Å². The standard InChI is InChI=1S/C6H14.C3H8/c1-3-5-6-4-2;1-3-2/h3-6H2,1-2H3;3H2,1-2H3. The summed E-state index contributed by atoms with van der Waals surface area (Å²) >= 11 is 0. The molecular weight excluding hydrogens is 108 g/mol. The maximum Gasteiger partial charge on any atom is -0.0536 e. The highest BCUT2D eigenvalue weighted by molar-refractivity contribution is 4.31. The molecule has 0 unspecified atom stereocenters. The highest BCUT2D eigenvalue weighted by atomic mass is 13.8. The van der Waals surface area contributed by atoms with Gasteiger partial charge in [0.05, 0.1) is 0 Å². The highest BCUT2D eigenvalue weighted by Crippen LogP contribution is 1.95. The first kappa shape index (κ1) is 11.8. The molecule has 0 aromatic carbocycles. The van der Waals surface area contributed by atoms with Gasteiger partial charge in [-0.05, 0) is 0 Å². The molecule has 9 heavy (non-hydrogen) atoms. The van der Waals surface area contributed by atoms with Crippen LogP contribution in [0.1, 0.15) is 59.8 Å². The quantitative estimate of drug-likeness (QED) is 0.506. The van der Waals surface area contributed by atoms with Crippen molar-refractivity contribution in [1.82, 2.24) is 0 Å². The molecule has 0 fully saturated rings. The van der Waals surface area contributed by atoms with Crippen LogP contribution in [0.2, 0.25) is 0 Å². The van der Waals surface area contributed by atoms with Crippen molar-refractivity contribution >= 4 is 0 Å². The monoisotopic (exact) mass is 130 g/mol. The lowest BCUT2D eigenvalue weighted by molar-refractivity contribution is 0.702. The molecule has 0 bridgehead atoms. The van der Waals surface area contributed by atoms with Crippen molar-refractivity contribution in [2.24, 2.45) is 0 Å². The molecule has 58 valence electrons. The van der Waals surface area contributed by atoms with Crippen LogP contribution in [-0.2, 0) is 0 Å². The molecule has 0 saturated heterocycles. The second kappa shape index (κ2) is 15.7. The molecular formula is C9H22. The third kappa shape index (κ3) is 32.0. The SMILES string of the molecule is CCC.CCCCCC. The van der Waals surface area contributed by atoms with Crippen LogP contribution in [0.5, 0.6) is 0 Å². The Hall–Kier alpha value is 0. The van der Waals surface area contributed by atoms with Crippen LogP contribution in [0, 0.1) is 0 Å². The lowest BCUT2D eigenvalue weighted by Gasteiger charge is -1.86. The minimum Gasteiger partial charge on any atom is -0.0656 e. The summed E-state index contributed by atoms with van der Waals surface area (Å²) in [5, 5.41) is 0. The summed E-state index contributed by atoms with van der Waals surface area (Å²) in [5.74, 6) is 0. The first-order valence-corrected chi connectivity index (χ1v) is 4.33. The molecule has 0 aromatic heterocycles. The second-order valence-electron chi connectivity index (χ2n) is 2.41. The average Bonchev–Trinajstić information content (AvgIpc) is 1.86. The van der Waals surface area contributed by atoms with Crippen molar-refractivity contribution in [3.05, 3.63) is 0 Å². The molecule has 0 N–H and O–H groups in total. The fourth-order valence-corrected chi connectivity index (χ4v) is 0.500. The summed E-state index contributed by atoms with van der Waals surface area (Å²) in [4.78, 5) is 0. The van der Waals surface area contributed by atoms with Gasteiger partial charge in [-0.2, -0.15) is 0 Å². The zero-order chi connectivity index (χ0) is 7.54. The molecule has 0 radical (unpaired) electrons. The topological polar surface area (TPSA) is 0 Å². The fraction of sp³-hybridized carbons (Fsp3) is 1.00.